The van der Waals surface area contributed by atoms with E-state index in [2.05, 4.69) is 38.3 Å². The molecule has 0 heterocycles. The number of hydrazine groups is 1. The van der Waals surface area contributed by atoms with E-state index in [-0.39, 0.29) is 11.3 Å². The van der Waals surface area contributed by atoms with Crippen LogP contribution in [-0.4, -0.2) is 13.0 Å². The van der Waals surface area contributed by atoms with Crippen molar-refractivity contribution in [2.45, 2.75) is 45.4 Å². The highest BCUT2D eigenvalue weighted by molar-refractivity contribution is 5.75. The maximum Gasteiger partial charge on any atom is 0.233 e. The Kier molecular flexibility index (Phi) is 5.36. The van der Waals surface area contributed by atoms with Crippen LogP contribution in [0.1, 0.15) is 44.7 Å². The van der Waals surface area contributed by atoms with Crippen molar-refractivity contribution in [3.63, 3.8) is 0 Å². The quantitative estimate of drug-likeness (QED) is 0.487. The van der Waals surface area contributed by atoms with Gasteiger partial charge in [0.2, 0.25) is 5.91 Å². The second-order valence-corrected chi connectivity index (χ2v) is 5.70. The molecule has 0 radical (unpaired) electrons. The first kappa shape index (κ1) is 15.5. The van der Waals surface area contributed by atoms with Crippen LogP contribution >= 0.6 is 0 Å². The normalized spacial score (nSPS) is 11.2. The summed E-state index contributed by atoms with van der Waals surface area (Å²) in [5.74, 6) is 5.81. The van der Waals surface area contributed by atoms with Gasteiger partial charge in [-0.05, 0) is 35.4 Å². The maximum atomic E-state index is 11.1. The van der Waals surface area contributed by atoms with E-state index >= 15 is 0 Å². The first-order valence-electron chi connectivity index (χ1n) is 6.55. The molecule has 1 aromatic rings. The van der Waals surface area contributed by atoms with Crippen molar-refractivity contribution in [3.05, 3.63) is 29.3 Å². The van der Waals surface area contributed by atoms with Crippen LogP contribution in [0.2, 0.25) is 0 Å². The van der Waals surface area contributed by atoms with Gasteiger partial charge in [0.1, 0.15) is 5.75 Å². The van der Waals surface area contributed by atoms with E-state index in [0.717, 1.165) is 24.2 Å². The number of rotatable bonds is 5. The number of methoxy groups -OCH3 is 1. The van der Waals surface area contributed by atoms with E-state index < -0.39 is 0 Å². The zero-order valence-electron chi connectivity index (χ0n) is 12.2. The van der Waals surface area contributed by atoms with E-state index in [1.165, 1.54) is 5.56 Å². The molecule has 0 saturated carbocycles. The Morgan fingerprint density at radius 3 is 2.58 bits per heavy atom. The summed E-state index contributed by atoms with van der Waals surface area (Å²) < 4.78 is 5.37. The summed E-state index contributed by atoms with van der Waals surface area (Å²) in [7, 11) is 1.67. The number of aryl methyl sites for hydroxylation is 1. The van der Waals surface area contributed by atoms with Gasteiger partial charge in [-0.2, -0.15) is 0 Å². The summed E-state index contributed by atoms with van der Waals surface area (Å²) in [6.45, 7) is 6.54. The largest absolute Gasteiger partial charge is 0.496 e. The van der Waals surface area contributed by atoms with Crippen LogP contribution < -0.4 is 16.0 Å². The van der Waals surface area contributed by atoms with Gasteiger partial charge in [0, 0.05) is 6.42 Å². The number of ether oxygens (including phenoxy) is 1. The molecule has 0 unspecified atom stereocenters. The van der Waals surface area contributed by atoms with E-state index in [9.17, 15) is 4.79 Å². The molecule has 19 heavy (non-hydrogen) atoms. The van der Waals surface area contributed by atoms with Gasteiger partial charge >= 0.3 is 0 Å². The monoisotopic (exact) mass is 264 g/mol. The molecule has 0 spiro atoms. The third-order valence-electron chi connectivity index (χ3n) is 3.16. The number of hydrogen-bond donors (Lipinski definition) is 2. The summed E-state index contributed by atoms with van der Waals surface area (Å²) in [4.78, 5) is 11.1. The Bertz CT molecular complexity index is 436. The molecule has 0 aliphatic carbocycles. The molecular weight excluding hydrogens is 240 g/mol. The molecule has 1 rings (SSSR count). The standard InChI is InChI=1S/C15H24N2O2/c1-15(2,3)12-8-9-13(19-4)11(10-12)6-5-7-14(18)17-16/h8-10H,5-7,16H2,1-4H3,(H,17,18). The lowest BCUT2D eigenvalue weighted by molar-refractivity contribution is -0.121. The van der Waals surface area contributed by atoms with Gasteiger partial charge in [-0.3, -0.25) is 10.2 Å². The molecule has 0 aromatic heterocycles. The summed E-state index contributed by atoms with van der Waals surface area (Å²) in [6, 6.07) is 6.26. The third-order valence-corrected chi connectivity index (χ3v) is 3.16. The molecule has 0 aliphatic rings. The molecular formula is C15H24N2O2. The highest BCUT2D eigenvalue weighted by Gasteiger charge is 2.15. The zero-order chi connectivity index (χ0) is 14.5. The Morgan fingerprint density at radius 1 is 1.37 bits per heavy atom. The van der Waals surface area contributed by atoms with Gasteiger partial charge in [-0.25, -0.2) is 5.84 Å². The Morgan fingerprint density at radius 2 is 2.05 bits per heavy atom. The second-order valence-electron chi connectivity index (χ2n) is 5.70. The smallest absolute Gasteiger partial charge is 0.233 e. The first-order valence-corrected chi connectivity index (χ1v) is 6.55. The average molecular weight is 264 g/mol. The van der Waals surface area contributed by atoms with Crippen molar-refractivity contribution in [2.24, 2.45) is 5.84 Å². The van der Waals surface area contributed by atoms with Crippen molar-refractivity contribution in [1.29, 1.82) is 0 Å². The van der Waals surface area contributed by atoms with Gasteiger partial charge in [-0.15, -0.1) is 0 Å². The fourth-order valence-corrected chi connectivity index (χ4v) is 1.95. The van der Waals surface area contributed by atoms with Crippen LogP contribution in [0.5, 0.6) is 5.75 Å². The highest BCUT2D eigenvalue weighted by atomic mass is 16.5. The topological polar surface area (TPSA) is 64.3 Å². The third kappa shape index (κ3) is 4.56. The minimum atomic E-state index is -0.133. The fourth-order valence-electron chi connectivity index (χ4n) is 1.95. The molecule has 0 fully saturated rings. The molecule has 0 aliphatic heterocycles. The van der Waals surface area contributed by atoms with Crippen LogP contribution in [0.25, 0.3) is 0 Å². The lowest BCUT2D eigenvalue weighted by Gasteiger charge is -2.21. The lowest BCUT2D eigenvalue weighted by Crippen LogP contribution is -2.29. The molecule has 1 amide bonds. The highest BCUT2D eigenvalue weighted by Crippen LogP contribution is 2.28. The SMILES string of the molecule is COc1ccc(C(C)(C)C)cc1CCCC(=O)NN. The molecule has 0 bridgehead atoms. The molecule has 0 atom stereocenters. The van der Waals surface area contributed by atoms with Crippen molar-refractivity contribution < 1.29 is 9.53 Å². The zero-order valence-corrected chi connectivity index (χ0v) is 12.2. The molecule has 106 valence electrons. The average Bonchev–Trinajstić information content (AvgIpc) is 2.37. The van der Waals surface area contributed by atoms with Crippen LogP contribution in [0, 0.1) is 0 Å². The van der Waals surface area contributed by atoms with E-state index in [1.807, 2.05) is 6.07 Å². The van der Waals surface area contributed by atoms with E-state index in [4.69, 9.17) is 10.6 Å². The molecule has 1 aromatic carbocycles. The van der Waals surface area contributed by atoms with Gasteiger partial charge in [-0.1, -0.05) is 32.9 Å². The van der Waals surface area contributed by atoms with Gasteiger partial charge in [0.25, 0.3) is 0 Å². The number of carbonyl (C=O) groups excluding carboxylic acids is 1. The van der Waals surface area contributed by atoms with Crippen LogP contribution in [0.15, 0.2) is 18.2 Å². The molecule has 4 heteroatoms. The van der Waals surface area contributed by atoms with Crippen LogP contribution in [-0.2, 0) is 16.6 Å². The fraction of sp³-hybridized carbons (Fsp3) is 0.533. The van der Waals surface area contributed by atoms with Crippen LogP contribution in [0.3, 0.4) is 0 Å². The number of nitrogens with two attached hydrogens (primary N) is 1. The second kappa shape index (κ2) is 6.57. The number of benzene rings is 1. The minimum absolute atomic E-state index is 0.107. The summed E-state index contributed by atoms with van der Waals surface area (Å²) in [5, 5.41) is 0. The predicted octanol–water partition coefficient (Wildman–Crippen LogP) is 2.31. The van der Waals surface area contributed by atoms with E-state index in [0.29, 0.717) is 6.42 Å². The number of hydrogen-bond acceptors (Lipinski definition) is 3. The first-order chi connectivity index (χ1) is 8.88. The minimum Gasteiger partial charge on any atom is -0.496 e. The number of nitrogens with one attached hydrogen (secondary N) is 1. The summed E-state index contributed by atoms with van der Waals surface area (Å²) in [5.41, 5.74) is 4.66. The number of carbonyl (C=O) groups is 1. The summed E-state index contributed by atoms with van der Waals surface area (Å²) in [6.07, 6.45) is 1.99. The Labute approximate surface area is 115 Å². The lowest BCUT2D eigenvalue weighted by atomic mass is 9.85. The molecule has 3 N–H and O–H groups in total. The van der Waals surface area contributed by atoms with Crippen molar-refractivity contribution in [1.82, 2.24) is 5.43 Å². The van der Waals surface area contributed by atoms with Crippen LogP contribution in [0.4, 0.5) is 0 Å². The van der Waals surface area contributed by atoms with Gasteiger partial charge in [0.15, 0.2) is 0 Å². The molecule has 4 nitrogen and oxygen atoms in total. The predicted molar refractivity (Wildman–Crippen MR) is 77.0 cm³/mol. The van der Waals surface area contributed by atoms with Crippen molar-refractivity contribution in [2.75, 3.05) is 7.11 Å². The van der Waals surface area contributed by atoms with E-state index in [1.54, 1.807) is 7.11 Å². The maximum absolute atomic E-state index is 11.1. The van der Waals surface area contributed by atoms with Gasteiger partial charge in [0.05, 0.1) is 7.11 Å². The number of amides is 1. The Hall–Kier alpha value is -1.55. The van der Waals surface area contributed by atoms with Crippen molar-refractivity contribution in [3.8, 4) is 5.75 Å². The van der Waals surface area contributed by atoms with Crippen molar-refractivity contribution >= 4 is 5.91 Å². The Balaban J connectivity index is 2.82. The van der Waals surface area contributed by atoms with Gasteiger partial charge < -0.3 is 4.74 Å². The summed E-state index contributed by atoms with van der Waals surface area (Å²) >= 11 is 0. The molecule has 0 saturated heterocycles.